The molecule has 0 unspecified atom stereocenters. The van der Waals surface area contributed by atoms with Gasteiger partial charge in [0, 0.05) is 19.6 Å². The van der Waals surface area contributed by atoms with Gasteiger partial charge in [-0.15, -0.1) is 0 Å². The summed E-state index contributed by atoms with van der Waals surface area (Å²) < 4.78 is 28.8. The highest BCUT2D eigenvalue weighted by atomic mass is 32.2. The molecule has 5 atom stereocenters. The summed E-state index contributed by atoms with van der Waals surface area (Å²) in [7, 11) is -1.09. The first-order valence-corrected chi connectivity index (χ1v) is 14.9. The van der Waals surface area contributed by atoms with Gasteiger partial charge in [-0.05, 0) is 44.2 Å². The van der Waals surface area contributed by atoms with Crippen LogP contribution < -0.4 is 4.74 Å². The summed E-state index contributed by atoms with van der Waals surface area (Å²) >= 11 is 1.38. The molecule has 0 spiro atoms. The Morgan fingerprint density at radius 2 is 1.77 bits per heavy atom. The number of rotatable bonds is 9. The average molecular weight is 459 g/mol. The maximum atomic E-state index is 10.8. The van der Waals surface area contributed by atoms with Crippen LogP contribution in [0.15, 0.2) is 29.2 Å². The van der Waals surface area contributed by atoms with Crippen LogP contribution in [0.3, 0.4) is 0 Å². The van der Waals surface area contributed by atoms with Crippen LogP contribution in [0.4, 0.5) is 0 Å². The van der Waals surface area contributed by atoms with Crippen LogP contribution in [-0.4, -0.2) is 73.9 Å². The van der Waals surface area contributed by atoms with E-state index >= 15 is 0 Å². The van der Waals surface area contributed by atoms with Gasteiger partial charge in [-0.25, -0.2) is 0 Å². The third-order valence-corrected chi connectivity index (χ3v) is 7.89. The minimum absolute atomic E-state index is 0.200. The lowest BCUT2D eigenvalue weighted by Gasteiger charge is -2.39. The van der Waals surface area contributed by atoms with Gasteiger partial charge >= 0.3 is 0 Å². The number of aliphatic hydroxyl groups is 2. The molecular weight excluding hydrogens is 424 g/mol. The maximum Gasteiger partial charge on any atom is 0.189 e. The van der Waals surface area contributed by atoms with E-state index in [1.165, 1.54) is 11.8 Å². The summed E-state index contributed by atoms with van der Waals surface area (Å²) in [5, 5.41) is 20.5. The maximum absolute atomic E-state index is 10.8. The van der Waals surface area contributed by atoms with E-state index in [9.17, 15) is 10.2 Å². The van der Waals surface area contributed by atoms with E-state index in [4.69, 9.17) is 23.7 Å². The summed E-state index contributed by atoms with van der Waals surface area (Å²) in [6.45, 7) is 11.3. The smallest absolute Gasteiger partial charge is 0.189 e. The first kappa shape index (κ1) is 24.0. The Kier molecular flexibility index (Phi) is 7.89. The van der Waals surface area contributed by atoms with Crippen LogP contribution >= 0.6 is 11.8 Å². The van der Waals surface area contributed by atoms with E-state index in [0.717, 1.165) is 23.3 Å². The number of thioether (sulfide) groups is 1. The van der Waals surface area contributed by atoms with Gasteiger partial charge in [-0.1, -0.05) is 31.4 Å². The molecule has 2 saturated heterocycles. The van der Waals surface area contributed by atoms with Gasteiger partial charge < -0.3 is 33.9 Å². The number of hydrogen-bond donors (Lipinski definition) is 2. The van der Waals surface area contributed by atoms with E-state index < -0.39 is 43.7 Å². The molecule has 0 radical (unpaired) electrons. The second kappa shape index (κ2) is 9.87. The van der Waals surface area contributed by atoms with Gasteiger partial charge in [-0.3, -0.25) is 0 Å². The Labute approximate surface area is 184 Å². The first-order chi connectivity index (χ1) is 14.1. The fourth-order valence-electron chi connectivity index (χ4n) is 3.39. The van der Waals surface area contributed by atoms with E-state index in [0.29, 0.717) is 0 Å². The molecule has 30 heavy (non-hydrogen) atoms. The Morgan fingerprint density at radius 1 is 1.10 bits per heavy atom. The van der Waals surface area contributed by atoms with Crippen LogP contribution in [0, 0.1) is 0 Å². The molecule has 170 valence electrons. The van der Waals surface area contributed by atoms with Gasteiger partial charge in [0.1, 0.15) is 35.6 Å². The van der Waals surface area contributed by atoms with Crippen molar-refractivity contribution in [3.63, 3.8) is 0 Å². The monoisotopic (exact) mass is 458 g/mol. The molecule has 3 rings (SSSR count). The minimum Gasteiger partial charge on any atom is -0.468 e. The Hall–Kier alpha value is -0.653. The fraction of sp³-hybridized carbons (Fsp3) is 0.714. The Bertz CT molecular complexity index is 679. The molecule has 2 N–H and O–H groups in total. The van der Waals surface area contributed by atoms with E-state index in [2.05, 4.69) is 19.6 Å². The molecule has 0 amide bonds. The molecule has 1 aromatic carbocycles. The molecular formula is C21H34O7SSi. The van der Waals surface area contributed by atoms with Gasteiger partial charge in [0.15, 0.2) is 12.6 Å². The van der Waals surface area contributed by atoms with Crippen molar-refractivity contribution in [2.75, 3.05) is 20.0 Å². The number of hydrogen-bond acceptors (Lipinski definition) is 8. The van der Waals surface area contributed by atoms with Crippen LogP contribution in [0.2, 0.25) is 25.7 Å². The highest BCUT2D eigenvalue weighted by molar-refractivity contribution is 7.99. The standard InChI is InChI=1S/C21H34O7SSi/c1-21(2)27-18-16(12-22)26-20(17(23)19(18)28-21)29-15-8-6-14(7-9-15)25-13-24-10-11-30(3,4)5/h6-9,16-20,22-23H,10-13H2,1-5H3/t16-,17-,18+,19-,20+/m1/s1. The molecule has 0 bridgehead atoms. The predicted octanol–water partition coefficient (Wildman–Crippen LogP) is 3.07. The molecule has 2 aliphatic rings. The van der Waals surface area contributed by atoms with Crippen molar-refractivity contribution in [1.29, 1.82) is 0 Å². The SMILES string of the molecule is CC1(C)O[C@@H]2[C@@H](O)[C@H](Sc3ccc(OCOCC[Si](C)(C)C)cc3)O[C@H](CO)[C@@H]2O1. The van der Waals surface area contributed by atoms with Crippen molar-refractivity contribution in [1.82, 2.24) is 0 Å². The molecule has 2 aliphatic heterocycles. The first-order valence-electron chi connectivity index (χ1n) is 10.4. The number of aliphatic hydroxyl groups excluding tert-OH is 2. The van der Waals surface area contributed by atoms with Crippen molar-refractivity contribution in [3.05, 3.63) is 24.3 Å². The number of fused-ring (bicyclic) bond motifs is 1. The zero-order valence-corrected chi connectivity index (χ0v) is 20.2. The van der Waals surface area contributed by atoms with Crippen molar-refractivity contribution in [2.24, 2.45) is 0 Å². The molecule has 2 heterocycles. The van der Waals surface area contributed by atoms with Crippen LogP contribution in [0.5, 0.6) is 5.75 Å². The molecule has 1 aromatic rings. The third kappa shape index (κ3) is 6.43. The summed E-state index contributed by atoms with van der Waals surface area (Å²) in [6, 6.07) is 8.66. The van der Waals surface area contributed by atoms with Gasteiger partial charge in [0.05, 0.1) is 6.61 Å². The van der Waals surface area contributed by atoms with Crippen LogP contribution in [0.1, 0.15) is 13.8 Å². The molecule has 2 fully saturated rings. The zero-order chi connectivity index (χ0) is 21.9. The van der Waals surface area contributed by atoms with Crippen LogP contribution in [0.25, 0.3) is 0 Å². The van der Waals surface area contributed by atoms with Gasteiger partial charge in [0.2, 0.25) is 0 Å². The molecule has 0 aliphatic carbocycles. The van der Waals surface area contributed by atoms with E-state index in [1.54, 1.807) is 13.8 Å². The number of benzene rings is 1. The highest BCUT2D eigenvalue weighted by Gasteiger charge is 2.54. The lowest BCUT2D eigenvalue weighted by atomic mass is 10.0. The normalized spacial score (nSPS) is 30.8. The van der Waals surface area contributed by atoms with Crippen molar-refractivity contribution >= 4 is 19.8 Å². The van der Waals surface area contributed by atoms with E-state index in [1.807, 2.05) is 24.3 Å². The van der Waals surface area contributed by atoms with E-state index in [-0.39, 0.29) is 13.4 Å². The second-order valence-corrected chi connectivity index (χ2v) is 16.1. The summed E-state index contributed by atoms with van der Waals surface area (Å²) in [6.07, 6.45) is -2.46. The second-order valence-electron chi connectivity index (χ2n) is 9.35. The predicted molar refractivity (Wildman–Crippen MR) is 117 cm³/mol. The Balaban J connectivity index is 1.51. The average Bonchev–Trinajstić information content (AvgIpc) is 3.00. The molecule has 0 saturated carbocycles. The zero-order valence-electron chi connectivity index (χ0n) is 18.4. The van der Waals surface area contributed by atoms with Crippen molar-refractivity contribution in [3.8, 4) is 5.75 Å². The minimum atomic E-state index is -1.09. The molecule has 9 heteroatoms. The topological polar surface area (TPSA) is 86.6 Å². The summed E-state index contributed by atoms with van der Waals surface area (Å²) in [5.74, 6) is -0.0944. The number of ether oxygens (including phenoxy) is 5. The quantitative estimate of drug-likeness (QED) is 0.332. The fourth-order valence-corrected chi connectivity index (χ4v) is 5.20. The van der Waals surface area contributed by atoms with Crippen molar-refractivity contribution < 1.29 is 33.9 Å². The Morgan fingerprint density at radius 3 is 2.40 bits per heavy atom. The summed E-state index contributed by atoms with van der Waals surface area (Å²) in [4.78, 5) is 0.916. The van der Waals surface area contributed by atoms with Crippen LogP contribution in [-0.2, 0) is 18.9 Å². The van der Waals surface area contributed by atoms with Gasteiger partial charge in [0.25, 0.3) is 0 Å². The largest absolute Gasteiger partial charge is 0.468 e. The van der Waals surface area contributed by atoms with Gasteiger partial charge in [-0.2, -0.15) is 0 Å². The summed E-state index contributed by atoms with van der Waals surface area (Å²) in [5.41, 5.74) is -0.572. The van der Waals surface area contributed by atoms with Crippen molar-refractivity contribution in [2.45, 2.75) is 80.1 Å². The molecule has 7 nitrogen and oxygen atoms in total. The third-order valence-electron chi connectivity index (χ3n) is 5.02. The lowest BCUT2D eigenvalue weighted by Crippen LogP contribution is -2.56. The lowest BCUT2D eigenvalue weighted by molar-refractivity contribution is -0.168. The highest BCUT2D eigenvalue weighted by Crippen LogP contribution is 2.41. The molecule has 0 aromatic heterocycles.